The molecule has 3 fully saturated rings. The van der Waals surface area contributed by atoms with Crippen molar-refractivity contribution in [3.8, 4) is 5.75 Å². The van der Waals surface area contributed by atoms with Gasteiger partial charge in [-0.15, -0.1) is 0 Å². The molecule has 3 aliphatic carbocycles. The highest BCUT2D eigenvalue weighted by molar-refractivity contribution is 6.30. The second-order valence-electron chi connectivity index (χ2n) is 8.28. The highest BCUT2D eigenvalue weighted by Gasteiger charge is 2.72. The van der Waals surface area contributed by atoms with Gasteiger partial charge in [0.15, 0.2) is 6.61 Å². The lowest BCUT2D eigenvalue weighted by Gasteiger charge is -2.69. The van der Waals surface area contributed by atoms with Crippen LogP contribution in [0.4, 0.5) is 8.78 Å². The lowest BCUT2D eigenvalue weighted by molar-refractivity contribution is -0.184. The van der Waals surface area contributed by atoms with Crippen molar-refractivity contribution in [2.45, 2.75) is 38.3 Å². The monoisotopic (exact) mass is 434 g/mol. The third-order valence-electron chi connectivity index (χ3n) is 5.82. The summed E-state index contributed by atoms with van der Waals surface area (Å²) < 4.78 is 32.5. The number of carbonyl (C=O) groups excluding carboxylic acids is 2. The summed E-state index contributed by atoms with van der Waals surface area (Å²) >= 11 is 5.61. The molecule has 2 aromatic carbocycles. The average molecular weight is 435 g/mol. The summed E-state index contributed by atoms with van der Waals surface area (Å²) in [4.78, 5) is 24.7. The van der Waals surface area contributed by atoms with Gasteiger partial charge in [0.1, 0.15) is 17.4 Å². The van der Waals surface area contributed by atoms with Gasteiger partial charge in [0.05, 0.1) is 10.4 Å². The Hall–Kier alpha value is -2.67. The minimum atomic E-state index is -0.618. The molecule has 0 atom stereocenters. The van der Waals surface area contributed by atoms with Gasteiger partial charge in [-0.1, -0.05) is 29.3 Å². The van der Waals surface area contributed by atoms with Gasteiger partial charge < -0.3 is 15.4 Å². The summed E-state index contributed by atoms with van der Waals surface area (Å²) in [6.07, 6.45) is 1.64. The fourth-order valence-electron chi connectivity index (χ4n) is 4.41. The molecule has 0 saturated heterocycles. The van der Waals surface area contributed by atoms with Crippen molar-refractivity contribution in [3.63, 3.8) is 0 Å². The van der Waals surface area contributed by atoms with E-state index in [9.17, 15) is 18.4 Å². The van der Waals surface area contributed by atoms with E-state index in [0.717, 1.165) is 11.6 Å². The SMILES string of the molecule is Cc1ccc(F)c(CNC(=O)C23CC(NC(=O)COc4ccc(Cl)c(F)c4)(C2)C3)c1. The Labute approximate surface area is 177 Å². The van der Waals surface area contributed by atoms with Crippen LogP contribution in [0.15, 0.2) is 36.4 Å². The molecule has 2 amide bonds. The fourth-order valence-corrected chi connectivity index (χ4v) is 4.53. The normalized spacial score (nSPS) is 23.7. The summed E-state index contributed by atoms with van der Waals surface area (Å²) in [6, 6.07) is 8.75. The predicted octanol–water partition coefficient (Wildman–Crippen LogP) is 3.66. The lowest BCUT2D eigenvalue weighted by Crippen LogP contribution is -2.78. The number of halogens is 3. The van der Waals surface area contributed by atoms with Crippen LogP contribution in [0.5, 0.6) is 5.75 Å². The molecule has 0 spiro atoms. The molecule has 158 valence electrons. The Morgan fingerprint density at radius 2 is 1.83 bits per heavy atom. The number of benzene rings is 2. The molecule has 0 aromatic heterocycles. The van der Waals surface area contributed by atoms with Crippen LogP contribution in [0.1, 0.15) is 30.4 Å². The average Bonchev–Trinajstić information content (AvgIpc) is 2.65. The fraction of sp³-hybridized carbons (Fsp3) is 0.364. The van der Waals surface area contributed by atoms with Gasteiger partial charge in [0.25, 0.3) is 5.91 Å². The molecule has 8 heteroatoms. The molecule has 30 heavy (non-hydrogen) atoms. The molecule has 2 bridgehead atoms. The van der Waals surface area contributed by atoms with Crippen LogP contribution in [0, 0.1) is 24.0 Å². The van der Waals surface area contributed by atoms with Gasteiger partial charge in [-0.25, -0.2) is 8.78 Å². The van der Waals surface area contributed by atoms with E-state index in [1.54, 1.807) is 12.1 Å². The van der Waals surface area contributed by atoms with Crippen LogP contribution in [-0.2, 0) is 16.1 Å². The van der Waals surface area contributed by atoms with Crippen molar-refractivity contribution in [1.29, 1.82) is 0 Å². The zero-order chi connectivity index (χ0) is 21.5. The predicted molar refractivity (Wildman–Crippen MR) is 107 cm³/mol. The van der Waals surface area contributed by atoms with Crippen molar-refractivity contribution in [2.24, 2.45) is 5.41 Å². The quantitative estimate of drug-likeness (QED) is 0.699. The first kappa shape index (κ1) is 20.6. The van der Waals surface area contributed by atoms with E-state index in [2.05, 4.69) is 10.6 Å². The Kier molecular flexibility index (Phi) is 5.18. The molecule has 0 aliphatic heterocycles. The standard InChI is InChI=1S/C22H21ClF2N2O3/c1-13-2-5-17(24)14(6-13)8-26-20(29)21-10-22(11-21,12-21)27-19(28)9-30-15-3-4-16(23)18(25)7-15/h2-7H,8-12H2,1H3,(H,26,29)(H,27,28). The first-order chi connectivity index (χ1) is 14.2. The summed E-state index contributed by atoms with van der Waals surface area (Å²) in [5, 5.41) is 5.69. The summed E-state index contributed by atoms with van der Waals surface area (Å²) in [6.45, 7) is 1.75. The van der Waals surface area contributed by atoms with E-state index < -0.39 is 16.8 Å². The van der Waals surface area contributed by atoms with Gasteiger partial charge >= 0.3 is 0 Å². The van der Waals surface area contributed by atoms with E-state index in [4.69, 9.17) is 16.3 Å². The number of amides is 2. The molecule has 3 aliphatic rings. The second-order valence-corrected chi connectivity index (χ2v) is 8.69. The number of ether oxygens (including phenoxy) is 1. The molecule has 0 unspecified atom stereocenters. The van der Waals surface area contributed by atoms with Crippen molar-refractivity contribution < 1.29 is 23.1 Å². The van der Waals surface area contributed by atoms with Crippen LogP contribution in [0.2, 0.25) is 5.02 Å². The summed E-state index contributed by atoms with van der Waals surface area (Å²) in [7, 11) is 0. The molecule has 0 heterocycles. The Morgan fingerprint density at radius 3 is 2.53 bits per heavy atom. The molecular formula is C22H21ClF2N2O3. The maximum Gasteiger partial charge on any atom is 0.258 e. The van der Waals surface area contributed by atoms with E-state index in [1.807, 2.05) is 6.92 Å². The lowest BCUT2D eigenvalue weighted by atomic mass is 9.39. The summed E-state index contributed by atoms with van der Waals surface area (Å²) in [5.41, 5.74) is 0.496. The molecule has 2 aromatic rings. The number of rotatable bonds is 7. The number of aryl methyl sites for hydroxylation is 1. The zero-order valence-corrected chi connectivity index (χ0v) is 17.1. The number of hydrogen-bond donors (Lipinski definition) is 2. The molecule has 2 N–H and O–H groups in total. The molecule has 5 nitrogen and oxygen atoms in total. The van der Waals surface area contributed by atoms with Crippen molar-refractivity contribution in [2.75, 3.05) is 6.61 Å². The van der Waals surface area contributed by atoms with Crippen LogP contribution in [0.25, 0.3) is 0 Å². The van der Waals surface area contributed by atoms with Gasteiger partial charge in [-0.05, 0) is 44.4 Å². The van der Waals surface area contributed by atoms with Crippen molar-refractivity contribution >= 4 is 23.4 Å². The molecular weight excluding hydrogens is 414 g/mol. The van der Waals surface area contributed by atoms with Crippen LogP contribution in [0.3, 0.4) is 0 Å². The zero-order valence-electron chi connectivity index (χ0n) is 16.4. The maximum atomic E-state index is 13.8. The highest BCUT2D eigenvalue weighted by atomic mass is 35.5. The first-order valence-corrected chi connectivity index (χ1v) is 10.0. The van der Waals surface area contributed by atoms with E-state index in [0.29, 0.717) is 24.8 Å². The van der Waals surface area contributed by atoms with Crippen LogP contribution in [-0.4, -0.2) is 24.0 Å². The third kappa shape index (κ3) is 3.86. The van der Waals surface area contributed by atoms with E-state index in [1.165, 1.54) is 18.2 Å². The van der Waals surface area contributed by atoms with Crippen molar-refractivity contribution in [3.05, 3.63) is 64.2 Å². The van der Waals surface area contributed by atoms with Gasteiger partial charge in [0.2, 0.25) is 5.91 Å². The van der Waals surface area contributed by atoms with E-state index in [-0.39, 0.29) is 41.6 Å². The number of nitrogens with one attached hydrogen (secondary N) is 2. The molecule has 5 rings (SSSR count). The topological polar surface area (TPSA) is 67.4 Å². The van der Waals surface area contributed by atoms with Crippen LogP contribution >= 0.6 is 11.6 Å². The summed E-state index contributed by atoms with van der Waals surface area (Å²) in [5.74, 6) is -1.20. The Bertz CT molecular complexity index is 1010. The third-order valence-corrected chi connectivity index (χ3v) is 6.12. The number of carbonyl (C=O) groups is 2. The van der Waals surface area contributed by atoms with Crippen molar-refractivity contribution in [1.82, 2.24) is 10.6 Å². The Balaban J connectivity index is 1.23. The van der Waals surface area contributed by atoms with Gasteiger partial charge in [0, 0.05) is 23.7 Å². The maximum absolute atomic E-state index is 13.8. The van der Waals surface area contributed by atoms with Gasteiger partial charge in [-0.2, -0.15) is 0 Å². The van der Waals surface area contributed by atoms with Gasteiger partial charge in [-0.3, -0.25) is 9.59 Å². The second kappa shape index (κ2) is 7.54. The minimum absolute atomic E-state index is 0.0191. The highest BCUT2D eigenvalue weighted by Crippen LogP contribution is 2.67. The number of hydrogen-bond acceptors (Lipinski definition) is 3. The van der Waals surface area contributed by atoms with E-state index >= 15 is 0 Å². The largest absolute Gasteiger partial charge is 0.484 e. The van der Waals surface area contributed by atoms with Crippen LogP contribution < -0.4 is 15.4 Å². The Morgan fingerprint density at radius 1 is 1.10 bits per heavy atom. The minimum Gasteiger partial charge on any atom is -0.484 e. The molecule has 0 radical (unpaired) electrons. The first-order valence-electron chi connectivity index (χ1n) is 9.63. The smallest absolute Gasteiger partial charge is 0.258 e. The molecule has 3 saturated carbocycles.